The standard InChI is InChI=1S/C18H17FN4O2/c19-13-3-4-14-12(8-13)9-16(21-14)17(24)23-7-1-2-11(10-23)15-5-6-20-18(25)22-15/h3-6,8-9,11,21H,1-2,7,10H2,(H,20,22,25). The highest BCUT2D eigenvalue weighted by atomic mass is 19.1. The van der Waals surface area contributed by atoms with Gasteiger partial charge in [-0.25, -0.2) is 14.2 Å². The summed E-state index contributed by atoms with van der Waals surface area (Å²) < 4.78 is 13.3. The highest BCUT2D eigenvalue weighted by molar-refractivity contribution is 5.98. The zero-order valence-corrected chi connectivity index (χ0v) is 13.5. The van der Waals surface area contributed by atoms with Gasteiger partial charge >= 0.3 is 5.69 Å². The van der Waals surface area contributed by atoms with Crippen molar-refractivity contribution >= 4 is 16.8 Å². The van der Waals surface area contributed by atoms with E-state index in [0.717, 1.165) is 24.1 Å². The van der Waals surface area contributed by atoms with E-state index in [0.29, 0.717) is 24.2 Å². The molecule has 1 amide bonds. The number of nitrogens with one attached hydrogen (secondary N) is 2. The quantitative estimate of drug-likeness (QED) is 0.752. The molecule has 25 heavy (non-hydrogen) atoms. The Labute approximate surface area is 142 Å². The number of halogens is 1. The number of hydrogen-bond acceptors (Lipinski definition) is 3. The van der Waals surface area contributed by atoms with E-state index in [2.05, 4.69) is 15.0 Å². The molecule has 1 unspecified atom stereocenters. The second-order valence-electron chi connectivity index (χ2n) is 6.34. The van der Waals surface area contributed by atoms with Crippen molar-refractivity contribution in [3.05, 3.63) is 64.2 Å². The number of fused-ring (bicyclic) bond motifs is 1. The lowest BCUT2D eigenvalue weighted by Crippen LogP contribution is -2.39. The highest BCUT2D eigenvalue weighted by Crippen LogP contribution is 2.26. The number of piperidine rings is 1. The first-order valence-electron chi connectivity index (χ1n) is 8.23. The minimum absolute atomic E-state index is 0.0789. The van der Waals surface area contributed by atoms with Crippen LogP contribution in [0, 0.1) is 5.82 Å². The van der Waals surface area contributed by atoms with Crippen molar-refractivity contribution in [2.24, 2.45) is 0 Å². The molecule has 2 aromatic heterocycles. The number of carbonyl (C=O) groups excluding carboxylic acids is 1. The summed E-state index contributed by atoms with van der Waals surface area (Å²) in [7, 11) is 0. The lowest BCUT2D eigenvalue weighted by Gasteiger charge is -2.32. The summed E-state index contributed by atoms with van der Waals surface area (Å²) in [6, 6.07) is 7.86. The minimum atomic E-state index is -0.376. The average Bonchev–Trinajstić information content (AvgIpc) is 3.04. The Morgan fingerprint density at radius 1 is 1.24 bits per heavy atom. The Hall–Kier alpha value is -2.96. The number of rotatable bonds is 2. The van der Waals surface area contributed by atoms with E-state index in [4.69, 9.17) is 0 Å². The van der Waals surface area contributed by atoms with E-state index < -0.39 is 0 Å². The number of benzene rings is 1. The van der Waals surface area contributed by atoms with Gasteiger partial charge < -0.3 is 14.9 Å². The van der Waals surface area contributed by atoms with Crippen LogP contribution in [0.25, 0.3) is 10.9 Å². The Bertz CT molecular complexity index is 994. The van der Waals surface area contributed by atoms with Gasteiger partial charge in [-0.15, -0.1) is 0 Å². The summed E-state index contributed by atoms with van der Waals surface area (Å²) >= 11 is 0. The smallest absolute Gasteiger partial charge is 0.345 e. The fourth-order valence-corrected chi connectivity index (χ4v) is 3.43. The van der Waals surface area contributed by atoms with E-state index in [-0.39, 0.29) is 23.3 Å². The number of aromatic nitrogens is 3. The summed E-state index contributed by atoms with van der Waals surface area (Å²) in [5.74, 6) is -0.363. The van der Waals surface area contributed by atoms with Gasteiger partial charge in [0, 0.05) is 41.8 Å². The lowest BCUT2D eigenvalue weighted by molar-refractivity contribution is 0.0701. The first kappa shape index (κ1) is 15.6. The number of aromatic amines is 2. The van der Waals surface area contributed by atoms with Gasteiger partial charge in [-0.05, 0) is 43.2 Å². The molecule has 1 aliphatic heterocycles. The molecule has 1 aromatic carbocycles. The van der Waals surface area contributed by atoms with Crippen LogP contribution in [0.1, 0.15) is 34.9 Å². The van der Waals surface area contributed by atoms with Crippen LogP contribution in [0.5, 0.6) is 0 Å². The van der Waals surface area contributed by atoms with Crippen molar-refractivity contribution in [1.29, 1.82) is 0 Å². The lowest BCUT2D eigenvalue weighted by atomic mass is 9.94. The third-order valence-corrected chi connectivity index (χ3v) is 4.66. The fraction of sp³-hybridized carbons (Fsp3) is 0.278. The largest absolute Gasteiger partial charge is 0.351 e. The van der Waals surface area contributed by atoms with Crippen LogP contribution in [-0.2, 0) is 0 Å². The molecule has 6 nitrogen and oxygen atoms in total. The molecule has 1 aliphatic rings. The predicted molar refractivity (Wildman–Crippen MR) is 91.0 cm³/mol. The molecule has 2 N–H and O–H groups in total. The van der Waals surface area contributed by atoms with Gasteiger partial charge in [-0.1, -0.05) is 0 Å². The first-order valence-corrected chi connectivity index (χ1v) is 8.23. The highest BCUT2D eigenvalue weighted by Gasteiger charge is 2.27. The van der Waals surface area contributed by atoms with E-state index in [1.807, 2.05) is 0 Å². The summed E-state index contributed by atoms with van der Waals surface area (Å²) in [5, 5.41) is 0.676. The Balaban J connectivity index is 1.57. The molecule has 1 fully saturated rings. The Morgan fingerprint density at radius 2 is 2.12 bits per heavy atom. The summed E-state index contributed by atoms with van der Waals surface area (Å²) in [6.45, 7) is 1.19. The maximum Gasteiger partial charge on any atom is 0.345 e. The molecule has 4 rings (SSSR count). The van der Waals surface area contributed by atoms with Crippen molar-refractivity contribution in [2.45, 2.75) is 18.8 Å². The van der Waals surface area contributed by atoms with Crippen molar-refractivity contribution in [3.63, 3.8) is 0 Å². The van der Waals surface area contributed by atoms with Crippen LogP contribution in [0.15, 0.2) is 41.3 Å². The van der Waals surface area contributed by atoms with Crippen LogP contribution in [0.3, 0.4) is 0 Å². The molecule has 1 atom stereocenters. The number of carbonyl (C=O) groups is 1. The first-order chi connectivity index (χ1) is 12.1. The minimum Gasteiger partial charge on any atom is -0.351 e. The van der Waals surface area contributed by atoms with Crippen molar-refractivity contribution in [1.82, 2.24) is 19.9 Å². The Morgan fingerprint density at radius 3 is 2.96 bits per heavy atom. The molecule has 0 aliphatic carbocycles. The molecular formula is C18H17FN4O2. The van der Waals surface area contributed by atoms with Crippen LogP contribution < -0.4 is 5.69 Å². The normalized spacial score (nSPS) is 17.8. The fourth-order valence-electron chi connectivity index (χ4n) is 3.43. The summed E-state index contributed by atoms with van der Waals surface area (Å²) in [6.07, 6.45) is 3.25. The number of amides is 1. The van der Waals surface area contributed by atoms with Gasteiger partial charge in [0.05, 0.1) is 0 Å². The van der Waals surface area contributed by atoms with Gasteiger partial charge in [0.15, 0.2) is 0 Å². The number of likely N-dealkylation sites (tertiary alicyclic amines) is 1. The number of H-pyrrole nitrogens is 2. The molecule has 3 aromatic rings. The second kappa shape index (κ2) is 6.16. The molecule has 0 radical (unpaired) electrons. The Kier molecular flexibility index (Phi) is 3.83. The maximum atomic E-state index is 13.3. The van der Waals surface area contributed by atoms with E-state index in [9.17, 15) is 14.0 Å². The van der Waals surface area contributed by atoms with Gasteiger partial charge in [-0.2, -0.15) is 0 Å². The van der Waals surface area contributed by atoms with Crippen LogP contribution >= 0.6 is 0 Å². The van der Waals surface area contributed by atoms with Crippen LogP contribution in [0.4, 0.5) is 4.39 Å². The monoisotopic (exact) mass is 340 g/mol. The topological polar surface area (TPSA) is 81.8 Å². The zero-order valence-electron chi connectivity index (χ0n) is 13.5. The van der Waals surface area contributed by atoms with Crippen LogP contribution in [-0.4, -0.2) is 38.8 Å². The van der Waals surface area contributed by atoms with Gasteiger partial charge in [-0.3, -0.25) is 4.79 Å². The second-order valence-corrected chi connectivity index (χ2v) is 6.34. The van der Waals surface area contributed by atoms with Crippen molar-refractivity contribution < 1.29 is 9.18 Å². The van der Waals surface area contributed by atoms with Gasteiger partial charge in [0.2, 0.25) is 0 Å². The summed E-state index contributed by atoms with van der Waals surface area (Å²) in [5.41, 5.74) is 1.61. The average molecular weight is 340 g/mol. The molecule has 1 saturated heterocycles. The van der Waals surface area contributed by atoms with Gasteiger partial charge in [0.25, 0.3) is 5.91 Å². The number of nitrogens with zero attached hydrogens (tertiary/aromatic N) is 2. The molecule has 0 spiro atoms. The van der Waals surface area contributed by atoms with E-state index >= 15 is 0 Å². The molecule has 3 heterocycles. The molecule has 0 saturated carbocycles. The summed E-state index contributed by atoms with van der Waals surface area (Å²) in [4.78, 5) is 35.4. The third-order valence-electron chi connectivity index (χ3n) is 4.66. The van der Waals surface area contributed by atoms with E-state index in [1.54, 1.807) is 23.1 Å². The SMILES string of the molecule is O=C(c1cc2cc(F)ccc2[nH]1)N1CCCC(c2ccnc(=O)[nH]2)C1. The molecular weight excluding hydrogens is 323 g/mol. The maximum absolute atomic E-state index is 13.3. The van der Waals surface area contributed by atoms with Crippen LogP contribution in [0.2, 0.25) is 0 Å². The zero-order chi connectivity index (χ0) is 17.4. The third kappa shape index (κ3) is 3.05. The molecule has 128 valence electrons. The van der Waals surface area contributed by atoms with Crippen molar-refractivity contribution in [3.8, 4) is 0 Å². The molecule has 7 heteroatoms. The predicted octanol–water partition coefficient (Wildman–Crippen LogP) is 2.41. The number of hydrogen-bond donors (Lipinski definition) is 2. The van der Waals surface area contributed by atoms with Gasteiger partial charge in [0.1, 0.15) is 11.5 Å². The van der Waals surface area contributed by atoms with E-state index in [1.165, 1.54) is 18.3 Å². The molecule has 0 bridgehead atoms. The van der Waals surface area contributed by atoms with Crippen molar-refractivity contribution in [2.75, 3.05) is 13.1 Å².